The number of ether oxygens (including phenoxy) is 1. The van der Waals surface area contributed by atoms with Gasteiger partial charge in [0.15, 0.2) is 0 Å². The summed E-state index contributed by atoms with van der Waals surface area (Å²) in [4.78, 5) is 0. The fourth-order valence-electron chi connectivity index (χ4n) is 3.01. The van der Waals surface area contributed by atoms with Crippen LogP contribution in [-0.4, -0.2) is 35.3 Å². The molecule has 1 atom stereocenters. The Balaban J connectivity index is 1.93. The van der Waals surface area contributed by atoms with Crippen LogP contribution in [0.4, 0.5) is 0 Å². The van der Waals surface area contributed by atoms with Crippen LogP contribution in [0.2, 0.25) is 0 Å². The zero-order valence-corrected chi connectivity index (χ0v) is 11.2. The van der Waals surface area contributed by atoms with Crippen molar-refractivity contribution < 1.29 is 4.74 Å². The van der Waals surface area contributed by atoms with Crippen LogP contribution < -0.4 is 5.43 Å². The van der Waals surface area contributed by atoms with E-state index in [-0.39, 0.29) is 11.2 Å². The van der Waals surface area contributed by atoms with E-state index in [1.807, 2.05) is 0 Å². The van der Waals surface area contributed by atoms with Crippen molar-refractivity contribution in [3.8, 4) is 0 Å². The Bertz CT molecular complexity index is 244. The molecule has 3 heteroatoms. The van der Waals surface area contributed by atoms with Crippen molar-refractivity contribution in [2.75, 3.05) is 13.1 Å². The predicted octanol–water partition coefficient (Wildman–Crippen LogP) is 2.32. The lowest BCUT2D eigenvalue weighted by atomic mass is 9.95. The van der Waals surface area contributed by atoms with Crippen LogP contribution in [0.3, 0.4) is 0 Å². The first-order valence-electron chi connectivity index (χ1n) is 6.60. The molecule has 94 valence electrons. The molecule has 1 N–H and O–H groups in total. The van der Waals surface area contributed by atoms with Gasteiger partial charge >= 0.3 is 0 Å². The smallest absolute Gasteiger partial charge is 0.0800 e. The number of hydrogen-bond acceptors (Lipinski definition) is 3. The summed E-state index contributed by atoms with van der Waals surface area (Å²) in [6, 6.07) is 0.445. The molecule has 0 aromatic rings. The molecule has 0 bridgehead atoms. The standard InChI is InChI=1S/C13H26N2O/c1-12(2)10-11(13(3,4)16-12)14-15-8-6-5-7-9-15/h11,14H,5-10H2,1-4H3. The first-order chi connectivity index (χ1) is 7.39. The highest BCUT2D eigenvalue weighted by Gasteiger charge is 2.46. The summed E-state index contributed by atoms with van der Waals surface area (Å²) in [6.07, 6.45) is 5.12. The van der Waals surface area contributed by atoms with Crippen molar-refractivity contribution >= 4 is 0 Å². The van der Waals surface area contributed by atoms with E-state index >= 15 is 0 Å². The molecule has 3 nitrogen and oxygen atoms in total. The van der Waals surface area contributed by atoms with Crippen molar-refractivity contribution in [1.82, 2.24) is 10.4 Å². The van der Waals surface area contributed by atoms with Gasteiger partial charge < -0.3 is 4.74 Å². The molecule has 2 fully saturated rings. The van der Waals surface area contributed by atoms with Gasteiger partial charge in [-0.25, -0.2) is 10.4 Å². The third kappa shape index (κ3) is 2.76. The van der Waals surface area contributed by atoms with E-state index in [1.54, 1.807) is 0 Å². The first kappa shape index (κ1) is 12.3. The van der Waals surface area contributed by atoms with Crippen LogP contribution in [0, 0.1) is 0 Å². The van der Waals surface area contributed by atoms with Crippen molar-refractivity contribution in [3.63, 3.8) is 0 Å². The summed E-state index contributed by atoms with van der Waals surface area (Å²) < 4.78 is 6.10. The van der Waals surface area contributed by atoms with E-state index in [0.29, 0.717) is 6.04 Å². The summed E-state index contributed by atoms with van der Waals surface area (Å²) in [5, 5.41) is 2.39. The second-order valence-corrected chi connectivity index (χ2v) is 6.40. The molecule has 2 heterocycles. The maximum atomic E-state index is 6.10. The lowest BCUT2D eigenvalue weighted by Crippen LogP contribution is -2.53. The molecule has 16 heavy (non-hydrogen) atoms. The lowest BCUT2D eigenvalue weighted by Gasteiger charge is -2.34. The molecular formula is C13H26N2O. The number of nitrogens with zero attached hydrogens (tertiary/aromatic N) is 1. The molecule has 0 radical (unpaired) electrons. The van der Waals surface area contributed by atoms with Gasteiger partial charge in [-0.15, -0.1) is 0 Å². The lowest BCUT2D eigenvalue weighted by molar-refractivity contribution is -0.0755. The summed E-state index contributed by atoms with van der Waals surface area (Å²) in [5.74, 6) is 0. The third-order valence-electron chi connectivity index (χ3n) is 3.77. The second kappa shape index (κ2) is 4.28. The fourth-order valence-corrected chi connectivity index (χ4v) is 3.01. The first-order valence-corrected chi connectivity index (χ1v) is 6.60. The van der Waals surface area contributed by atoms with Crippen molar-refractivity contribution in [1.29, 1.82) is 0 Å². The zero-order valence-electron chi connectivity index (χ0n) is 11.2. The van der Waals surface area contributed by atoms with Crippen LogP contribution in [0.1, 0.15) is 53.4 Å². The summed E-state index contributed by atoms with van der Waals surface area (Å²) >= 11 is 0. The molecule has 0 aromatic carbocycles. The van der Waals surface area contributed by atoms with Crippen molar-refractivity contribution in [2.24, 2.45) is 0 Å². The molecule has 0 amide bonds. The van der Waals surface area contributed by atoms with Gasteiger partial charge in [-0.1, -0.05) is 6.42 Å². The maximum absolute atomic E-state index is 6.10. The van der Waals surface area contributed by atoms with Crippen molar-refractivity contribution in [2.45, 2.75) is 70.6 Å². The number of nitrogens with one attached hydrogen (secondary N) is 1. The highest BCUT2D eigenvalue weighted by atomic mass is 16.5. The number of hydrogen-bond donors (Lipinski definition) is 1. The Kier molecular flexibility index (Phi) is 3.30. The number of hydrazine groups is 1. The van der Waals surface area contributed by atoms with E-state index < -0.39 is 0 Å². The van der Waals surface area contributed by atoms with Gasteiger partial charge in [0.25, 0.3) is 0 Å². The van der Waals surface area contributed by atoms with Gasteiger partial charge in [0.1, 0.15) is 0 Å². The largest absolute Gasteiger partial charge is 0.368 e. The molecular weight excluding hydrogens is 200 g/mol. The van der Waals surface area contributed by atoms with Gasteiger partial charge in [0.2, 0.25) is 0 Å². The minimum absolute atomic E-state index is 0.0109. The molecule has 0 aliphatic carbocycles. The highest BCUT2D eigenvalue weighted by Crippen LogP contribution is 2.37. The van der Waals surface area contributed by atoms with Crippen LogP contribution in [0.25, 0.3) is 0 Å². The molecule has 0 spiro atoms. The number of rotatable bonds is 2. The molecule has 0 aromatic heterocycles. The topological polar surface area (TPSA) is 24.5 Å². The molecule has 0 saturated carbocycles. The minimum Gasteiger partial charge on any atom is -0.368 e. The Labute approximate surface area is 99.5 Å². The van der Waals surface area contributed by atoms with Gasteiger partial charge in [-0.3, -0.25) is 0 Å². The van der Waals surface area contributed by atoms with E-state index in [4.69, 9.17) is 4.74 Å². The van der Waals surface area contributed by atoms with Gasteiger partial charge in [0.05, 0.1) is 17.2 Å². The monoisotopic (exact) mass is 226 g/mol. The molecule has 2 aliphatic heterocycles. The third-order valence-corrected chi connectivity index (χ3v) is 3.77. The van der Waals surface area contributed by atoms with Crippen LogP contribution >= 0.6 is 0 Å². The van der Waals surface area contributed by atoms with E-state index in [0.717, 1.165) is 6.42 Å². The van der Waals surface area contributed by atoms with E-state index in [2.05, 4.69) is 38.1 Å². The molecule has 1 unspecified atom stereocenters. The molecule has 2 rings (SSSR count). The van der Waals surface area contributed by atoms with Crippen LogP contribution in [0.5, 0.6) is 0 Å². The summed E-state index contributed by atoms with van der Waals surface area (Å²) in [7, 11) is 0. The Morgan fingerprint density at radius 2 is 1.69 bits per heavy atom. The SMILES string of the molecule is CC1(C)CC(NN2CCCCC2)C(C)(C)O1. The Hall–Kier alpha value is -0.120. The Morgan fingerprint density at radius 3 is 2.19 bits per heavy atom. The summed E-state index contributed by atoms with van der Waals surface area (Å²) in [6.45, 7) is 11.1. The Morgan fingerprint density at radius 1 is 1.06 bits per heavy atom. The average molecular weight is 226 g/mol. The second-order valence-electron chi connectivity index (χ2n) is 6.40. The van der Waals surface area contributed by atoms with Crippen molar-refractivity contribution in [3.05, 3.63) is 0 Å². The van der Waals surface area contributed by atoms with Gasteiger partial charge in [-0.2, -0.15) is 0 Å². The zero-order chi connectivity index (χ0) is 11.8. The van der Waals surface area contributed by atoms with Gasteiger partial charge in [0, 0.05) is 13.1 Å². The van der Waals surface area contributed by atoms with E-state index in [9.17, 15) is 0 Å². The fraction of sp³-hybridized carbons (Fsp3) is 1.00. The maximum Gasteiger partial charge on any atom is 0.0800 e. The predicted molar refractivity (Wildman–Crippen MR) is 66.2 cm³/mol. The number of piperidine rings is 1. The van der Waals surface area contributed by atoms with E-state index in [1.165, 1.54) is 32.4 Å². The summed E-state index contributed by atoms with van der Waals surface area (Å²) in [5.41, 5.74) is 3.63. The molecule has 2 saturated heterocycles. The minimum atomic E-state index is -0.0546. The normalized spacial score (nSPS) is 34.1. The quantitative estimate of drug-likeness (QED) is 0.782. The average Bonchev–Trinajstić information content (AvgIpc) is 2.36. The van der Waals surface area contributed by atoms with Gasteiger partial charge in [-0.05, 0) is 47.0 Å². The van der Waals surface area contributed by atoms with Crippen LogP contribution in [0.15, 0.2) is 0 Å². The molecule has 2 aliphatic rings. The van der Waals surface area contributed by atoms with Crippen LogP contribution in [-0.2, 0) is 4.74 Å². The highest BCUT2D eigenvalue weighted by molar-refractivity contribution is 4.98.